The average Bonchev–Trinajstić information content (AvgIpc) is 3.15. The lowest BCUT2D eigenvalue weighted by Gasteiger charge is -2.26. The molecule has 0 bridgehead atoms. The summed E-state index contributed by atoms with van der Waals surface area (Å²) in [6.07, 6.45) is 3.44. The van der Waals surface area contributed by atoms with E-state index < -0.39 is 0 Å². The molecule has 1 fully saturated rings. The standard InChI is InChI=1S/C20H35N5O3/c1-20(2,3)24-18(26)16-23-19(22-9-7-17-6-4-13-28-17)21-8-5-10-25-11-14-27-15-12-25/h4,6,13H,5,7-12,14-16H2,1-3H3,(H,24,26)(H2,21,22,23). The minimum atomic E-state index is -0.259. The molecule has 1 amide bonds. The van der Waals surface area contributed by atoms with Gasteiger partial charge in [-0.05, 0) is 45.9 Å². The van der Waals surface area contributed by atoms with Gasteiger partial charge >= 0.3 is 0 Å². The number of guanidine groups is 1. The van der Waals surface area contributed by atoms with Gasteiger partial charge in [0.2, 0.25) is 5.91 Å². The predicted octanol–water partition coefficient (Wildman–Crippen LogP) is 0.994. The van der Waals surface area contributed by atoms with Crippen molar-refractivity contribution in [3.8, 4) is 0 Å². The Morgan fingerprint density at radius 2 is 1.96 bits per heavy atom. The van der Waals surface area contributed by atoms with Crippen LogP contribution >= 0.6 is 0 Å². The van der Waals surface area contributed by atoms with Crippen LogP contribution in [-0.2, 0) is 16.0 Å². The van der Waals surface area contributed by atoms with Gasteiger partial charge in [-0.1, -0.05) is 0 Å². The largest absolute Gasteiger partial charge is 0.469 e. The van der Waals surface area contributed by atoms with Crippen LogP contribution in [0.15, 0.2) is 27.8 Å². The second-order valence-electron chi connectivity index (χ2n) is 7.95. The summed E-state index contributed by atoms with van der Waals surface area (Å²) in [5.74, 6) is 1.48. The Hall–Kier alpha value is -2.06. The third-order valence-electron chi connectivity index (χ3n) is 4.19. The summed E-state index contributed by atoms with van der Waals surface area (Å²) in [4.78, 5) is 18.9. The summed E-state index contributed by atoms with van der Waals surface area (Å²) in [6, 6.07) is 3.83. The lowest BCUT2D eigenvalue weighted by molar-refractivity contribution is -0.121. The number of carbonyl (C=O) groups is 1. The maximum atomic E-state index is 12.1. The van der Waals surface area contributed by atoms with E-state index in [1.807, 2.05) is 32.9 Å². The fraction of sp³-hybridized carbons (Fsp3) is 0.700. The Balaban J connectivity index is 1.76. The number of ether oxygens (including phenoxy) is 1. The van der Waals surface area contributed by atoms with Crippen LogP contribution in [0.1, 0.15) is 33.0 Å². The fourth-order valence-corrected chi connectivity index (χ4v) is 2.88. The fourth-order valence-electron chi connectivity index (χ4n) is 2.88. The van der Waals surface area contributed by atoms with Crippen LogP contribution in [0.5, 0.6) is 0 Å². The van der Waals surface area contributed by atoms with Gasteiger partial charge < -0.3 is 25.1 Å². The van der Waals surface area contributed by atoms with Crippen molar-refractivity contribution < 1.29 is 13.9 Å². The number of rotatable bonds is 9. The smallest absolute Gasteiger partial charge is 0.242 e. The topological polar surface area (TPSA) is 91.1 Å². The summed E-state index contributed by atoms with van der Waals surface area (Å²) in [5.41, 5.74) is -0.259. The van der Waals surface area contributed by atoms with Gasteiger partial charge in [0, 0.05) is 38.1 Å². The molecule has 2 rings (SSSR count). The van der Waals surface area contributed by atoms with Crippen molar-refractivity contribution in [2.45, 2.75) is 39.2 Å². The van der Waals surface area contributed by atoms with Crippen molar-refractivity contribution >= 4 is 11.9 Å². The highest BCUT2D eigenvalue weighted by Crippen LogP contribution is 2.00. The van der Waals surface area contributed by atoms with Gasteiger partial charge in [-0.25, -0.2) is 4.99 Å². The Bertz CT molecular complexity index is 589. The summed E-state index contributed by atoms with van der Waals surface area (Å²) < 4.78 is 10.7. The summed E-state index contributed by atoms with van der Waals surface area (Å²) in [5, 5.41) is 9.54. The first kappa shape index (κ1) is 22.2. The van der Waals surface area contributed by atoms with Crippen LogP contribution in [0, 0.1) is 0 Å². The summed E-state index contributed by atoms with van der Waals surface area (Å²) in [6.45, 7) is 12.1. The Kier molecular flexibility index (Phi) is 9.30. The Morgan fingerprint density at radius 3 is 2.64 bits per heavy atom. The molecule has 8 heteroatoms. The normalized spacial score (nSPS) is 16.0. The van der Waals surface area contributed by atoms with Gasteiger partial charge in [0.25, 0.3) is 0 Å². The van der Waals surface area contributed by atoms with Crippen molar-refractivity contribution in [1.29, 1.82) is 0 Å². The molecule has 28 heavy (non-hydrogen) atoms. The minimum Gasteiger partial charge on any atom is -0.469 e. The highest BCUT2D eigenvalue weighted by atomic mass is 16.5. The quantitative estimate of drug-likeness (QED) is 0.329. The lowest BCUT2D eigenvalue weighted by atomic mass is 10.1. The summed E-state index contributed by atoms with van der Waals surface area (Å²) >= 11 is 0. The molecule has 158 valence electrons. The van der Waals surface area contributed by atoms with E-state index in [1.54, 1.807) is 6.26 Å². The molecular weight excluding hydrogens is 358 g/mol. The first-order valence-electron chi connectivity index (χ1n) is 10.1. The molecule has 1 aliphatic rings. The van der Waals surface area contributed by atoms with Crippen molar-refractivity contribution in [3.63, 3.8) is 0 Å². The predicted molar refractivity (Wildman–Crippen MR) is 110 cm³/mol. The molecule has 2 heterocycles. The Morgan fingerprint density at radius 1 is 1.21 bits per heavy atom. The van der Waals surface area contributed by atoms with E-state index in [9.17, 15) is 4.79 Å². The molecule has 0 aromatic carbocycles. The molecule has 3 N–H and O–H groups in total. The molecule has 1 aliphatic heterocycles. The molecule has 0 atom stereocenters. The number of morpholine rings is 1. The third-order valence-corrected chi connectivity index (χ3v) is 4.19. The van der Waals surface area contributed by atoms with E-state index in [4.69, 9.17) is 9.15 Å². The zero-order valence-corrected chi connectivity index (χ0v) is 17.4. The monoisotopic (exact) mass is 393 g/mol. The van der Waals surface area contributed by atoms with Gasteiger partial charge in [-0.15, -0.1) is 0 Å². The third kappa shape index (κ3) is 9.75. The molecule has 1 saturated heterocycles. The molecule has 0 aliphatic carbocycles. The van der Waals surface area contributed by atoms with E-state index in [-0.39, 0.29) is 18.0 Å². The number of nitrogens with one attached hydrogen (secondary N) is 3. The molecule has 8 nitrogen and oxygen atoms in total. The lowest BCUT2D eigenvalue weighted by Crippen LogP contribution is -2.44. The van der Waals surface area contributed by atoms with Crippen molar-refractivity contribution in [2.24, 2.45) is 4.99 Å². The Labute approximate surface area is 168 Å². The van der Waals surface area contributed by atoms with Gasteiger partial charge in [0.15, 0.2) is 5.96 Å². The SMILES string of the molecule is CC(C)(C)NC(=O)CN=C(NCCCN1CCOCC1)NCCc1ccco1. The number of nitrogens with zero attached hydrogens (tertiary/aromatic N) is 2. The highest BCUT2D eigenvalue weighted by Gasteiger charge is 2.13. The first-order valence-corrected chi connectivity index (χ1v) is 10.1. The summed E-state index contributed by atoms with van der Waals surface area (Å²) in [7, 11) is 0. The maximum Gasteiger partial charge on any atom is 0.242 e. The zero-order chi connectivity index (χ0) is 20.2. The molecule has 0 radical (unpaired) electrons. The van der Waals surface area contributed by atoms with Gasteiger partial charge in [-0.3, -0.25) is 9.69 Å². The van der Waals surface area contributed by atoms with Crippen LogP contribution in [0.25, 0.3) is 0 Å². The minimum absolute atomic E-state index is 0.0899. The molecule has 1 aromatic heterocycles. The number of aliphatic imine (C=N–C) groups is 1. The van der Waals surface area contributed by atoms with Crippen molar-refractivity contribution in [2.75, 3.05) is 52.5 Å². The van der Waals surface area contributed by atoms with Crippen molar-refractivity contribution in [3.05, 3.63) is 24.2 Å². The van der Waals surface area contributed by atoms with Gasteiger partial charge in [-0.2, -0.15) is 0 Å². The van der Waals surface area contributed by atoms with E-state index in [0.29, 0.717) is 12.5 Å². The molecule has 1 aromatic rings. The van der Waals surface area contributed by atoms with Crippen LogP contribution in [0.3, 0.4) is 0 Å². The van der Waals surface area contributed by atoms with Crippen LogP contribution < -0.4 is 16.0 Å². The van der Waals surface area contributed by atoms with E-state index in [0.717, 1.165) is 58.0 Å². The first-order chi connectivity index (χ1) is 13.4. The second-order valence-corrected chi connectivity index (χ2v) is 7.95. The molecular formula is C20H35N5O3. The highest BCUT2D eigenvalue weighted by molar-refractivity contribution is 5.85. The van der Waals surface area contributed by atoms with Gasteiger partial charge in [0.1, 0.15) is 12.3 Å². The van der Waals surface area contributed by atoms with Crippen LogP contribution in [-0.4, -0.2) is 74.8 Å². The average molecular weight is 394 g/mol. The number of hydrogen-bond donors (Lipinski definition) is 3. The van der Waals surface area contributed by atoms with Crippen LogP contribution in [0.2, 0.25) is 0 Å². The van der Waals surface area contributed by atoms with E-state index in [1.165, 1.54) is 0 Å². The number of hydrogen-bond acceptors (Lipinski definition) is 5. The van der Waals surface area contributed by atoms with Gasteiger partial charge in [0.05, 0.1) is 19.5 Å². The second kappa shape index (κ2) is 11.7. The van der Waals surface area contributed by atoms with E-state index in [2.05, 4.69) is 25.8 Å². The number of carbonyl (C=O) groups excluding carboxylic acids is 1. The number of furan rings is 1. The van der Waals surface area contributed by atoms with E-state index >= 15 is 0 Å². The maximum absolute atomic E-state index is 12.1. The number of amides is 1. The molecule has 0 saturated carbocycles. The molecule has 0 spiro atoms. The van der Waals surface area contributed by atoms with Crippen molar-refractivity contribution in [1.82, 2.24) is 20.9 Å². The van der Waals surface area contributed by atoms with Crippen LogP contribution in [0.4, 0.5) is 0 Å². The molecule has 0 unspecified atom stereocenters. The zero-order valence-electron chi connectivity index (χ0n) is 17.4.